The number of nitrogens with zero attached hydrogens (tertiary/aromatic N) is 3. The van der Waals surface area contributed by atoms with Crippen LogP contribution in [0.1, 0.15) is 31.4 Å². The van der Waals surface area contributed by atoms with E-state index in [1.807, 2.05) is 18.2 Å². The largest absolute Gasteiger partial charge is 0.381 e. The predicted octanol–water partition coefficient (Wildman–Crippen LogP) is 2.89. The van der Waals surface area contributed by atoms with Gasteiger partial charge in [0.1, 0.15) is 6.10 Å². The minimum Gasteiger partial charge on any atom is -0.381 e. The molecule has 2 unspecified atom stereocenters. The molecule has 2 aromatic heterocycles. The summed E-state index contributed by atoms with van der Waals surface area (Å²) in [6, 6.07) is 11.6. The van der Waals surface area contributed by atoms with Crippen LogP contribution in [0.4, 0.5) is 5.13 Å². The molecule has 1 aliphatic heterocycles. The average Bonchev–Trinajstić information content (AvgIpc) is 3.11. The molecule has 27 heavy (non-hydrogen) atoms. The van der Waals surface area contributed by atoms with Gasteiger partial charge in [0.05, 0.1) is 12.1 Å². The van der Waals surface area contributed by atoms with Gasteiger partial charge < -0.3 is 14.8 Å². The fourth-order valence-electron chi connectivity index (χ4n) is 3.22. The van der Waals surface area contributed by atoms with Gasteiger partial charge in [0.2, 0.25) is 10.1 Å². The van der Waals surface area contributed by atoms with Crippen LogP contribution >= 0.6 is 11.3 Å². The number of aromatic nitrogens is 3. The first-order valence-corrected chi connectivity index (χ1v) is 9.92. The molecule has 1 aliphatic rings. The zero-order valence-corrected chi connectivity index (χ0v) is 15.9. The number of anilines is 1. The third-order valence-corrected chi connectivity index (χ3v) is 5.47. The molecule has 7 nitrogen and oxygen atoms in total. The van der Waals surface area contributed by atoms with Crippen LogP contribution in [-0.4, -0.2) is 40.0 Å². The first-order valence-electron chi connectivity index (χ1n) is 9.10. The van der Waals surface area contributed by atoms with Gasteiger partial charge >= 0.3 is 0 Å². The second-order valence-corrected chi connectivity index (χ2v) is 7.55. The maximum atomic E-state index is 11.9. The van der Waals surface area contributed by atoms with Crippen LogP contribution in [0.2, 0.25) is 0 Å². The molecule has 4 rings (SSSR count). The fraction of sp³-hybridized carbons (Fsp3) is 0.421. The highest BCUT2D eigenvalue weighted by Crippen LogP contribution is 2.29. The van der Waals surface area contributed by atoms with Crippen molar-refractivity contribution in [1.29, 1.82) is 0 Å². The fourth-order valence-corrected chi connectivity index (χ4v) is 4.09. The molecule has 0 aliphatic carbocycles. The minimum absolute atomic E-state index is 0.0356. The summed E-state index contributed by atoms with van der Waals surface area (Å²) in [6.45, 7) is 3.54. The molecule has 0 radical (unpaired) electrons. The summed E-state index contributed by atoms with van der Waals surface area (Å²) < 4.78 is 13.2. The lowest BCUT2D eigenvalue weighted by molar-refractivity contribution is -0.0738. The smallest absolute Gasteiger partial charge is 0.275 e. The summed E-state index contributed by atoms with van der Waals surface area (Å²) in [5.41, 5.74) is 0.926. The van der Waals surface area contributed by atoms with Gasteiger partial charge in [0.15, 0.2) is 0 Å². The van der Waals surface area contributed by atoms with Gasteiger partial charge in [-0.1, -0.05) is 41.7 Å². The molecular formula is C19H22N4O3S. The average molecular weight is 386 g/mol. The third kappa shape index (κ3) is 4.18. The Morgan fingerprint density at radius 2 is 2.04 bits per heavy atom. The first-order chi connectivity index (χ1) is 13.2. The molecule has 0 saturated carbocycles. The Hall–Kier alpha value is -2.29. The highest BCUT2D eigenvalue weighted by molar-refractivity contribution is 7.20. The van der Waals surface area contributed by atoms with Gasteiger partial charge in [-0.3, -0.25) is 4.79 Å². The van der Waals surface area contributed by atoms with Crippen LogP contribution in [0, 0.1) is 0 Å². The van der Waals surface area contributed by atoms with E-state index in [-0.39, 0.29) is 23.8 Å². The summed E-state index contributed by atoms with van der Waals surface area (Å²) in [7, 11) is 0. The molecule has 3 heterocycles. The summed E-state index contributed by atoms with van der Waals surface area (Å²) in [5.74, 6) is 0. The van der Waals surface area contributed by atoms with Crippen molar-refractivity contribution in [2.45, 2.75) is 38.0 Å². The van der Waals surface area contributed by atoms with Crippen LogP contribution in [-0.2, 0) is 9.47 Å². The van der Waals surface area contributed by atoms with Crippen LogP contribution in [0.5, 0.6) is 0 Å². The molecule has 0 bridgehead atoms. The molecular weight excluding hydrogens is 364 g/mol. The lowest BCUT2D eigenvalue weighted by Crippen LogP contribution is -2.32. The lowest BCUT2D eigenvalue weighted by atomic mass is 10.0. The van der Waals surface area contributed by atoms with Gasteiger partial charge in [0, 0.05) is 25.5 Å². The van der Waals surface area contributed by atoms with Crippen molar-refractivity contribution in [3.63, 3.8) is 0 Å². The Kier molecular flexibility index (Phi) is 5.47. The number of hydrogen-bond donors (Lipinski definition) is 1. The topological polar surface area (TPSA) is 77.8 Å². The van der Waals surface area contributed by atoms with Gasteiger partial charge in [-0.05, 0) is 25.3 Å². The highest BCUT2D eigenvalue weighted by Gasteiger charge is 2.26. The van der Waals surface area contributed by atoms with Crippen molar-refractivity contribution in [2.24, 2.45) is 0 Å². The van der Waals surface area contributed by atoms with E-state index < -0.39 is 0 Å². The van der Waals surface area contributed by atoms with E-state index >= 15 is 0 Å². The molecule has 1 N–H and O–H groups in total. The molecule has 1 fully saturated rings. The Morgan fingerprint density at radius 1 is 1.26 bits per heavy atom. The SMILES string of the molecule is CC(Nc1nn2c(=O)ccnc2s1)C(OC1CCOCC1)c1ccccc1. The second-order valence-electron chi connectivity index (χ2n) is 6.60. The van der Waals surface area contributed by atoms with Crippen molar-refractivity contribution < 1.29 is 9.47 Å². The van der Waals surface area contributed by atoms with Gasteiger partial charge in [0.25, 0.3) is 5.56 Å². The quantitative estimate of drug-likeness (QED) is 0.702. The van der Waals surface area contributed by atoms with Crippen LogP contribution in [0.15, 0.2) is 47.4 Å². The standard InChI is InChI=1S/C19H22N4O3S/c1-13(21-18-22-23-16(24)7-10-20-19(23)27-18)17(14-5-3-2-4-6-14)26-15-8-11-25-12-9-15/h2-7,10,13,15,17H,8-9,11-12H2,1H3,(H,21,22). The first kappa shape index (κ1) is 18.1. The van der Waals surface area contributed by atoms with Crippen LogP contribution in [0.3, 0.4) is 0 Å². The van der Waals surface area contributed by atoms with Crippen molar-refractivity contribution in [1.82, 2.24) is 14.6 Å². The van der Waals surface area contributed by atoms with E-state index in [0.717, 1.165) is 31.6 Å². The number of hydrogen-bond acceptors (Lipinski definition) is 7. The predicted molar refractivity (Wildman–Crippen MR) is 104 cm³/mol. The number of fused-ring (bicyclic) bond motifs is 1. The molecule has 0 amide bonds. The molecule has 3 aromatic rings. The number of benzene rings is 1. The lowest BCUT2D eigenvalue weighted by Gasteiger charge is -2.31. The Balaban J connectivity index is 1.56. The van der Waals surface area contributed by atoms with E-state index in [2.05, 4.69) is 34.5 Å². The van der Waals surface area contributed by atoms with Crippen molar-refractivity contribution in [3.05, 3.63) is 58.5 Å². The minimum atomic E-state index is -0.185. The maximum Gasteiger partial charge on any atom is 0.275 e. The van der Waals surface area contributed by atoms with Crippen molar-refractivity contribution in [3.8, 4) is 0 Å². The zero-order valence-electron chi connectivity index (χ0n) is 15.1. The summed E-state index contributed by atoms with van der Waals surface area (Å²) >= 11 is 1.35. The van der Waals surface area contributed by atoms with Gasteiger partial charge in [-0.15, -0.1) is 5.10 Å². The van der Waals surface area contributed by atoms with Crippen molar-refractivity contribution in [2.75, 3.05) is 18.5 Å². The maximum absolute atomic E-state index is 11.9. The van der Waals surface area contributed by atoms with Crippen LogP contribution < -0.4 is 10.9 Å². The monoisotopic (exact) mass is 386 g/mol. The van der Waals surface area contributed by atoms with Gasteiger partial charge in [-0.25, -0.2) is 4.98 Å². The van der Waals surface area contributed by atoms with E-state index in [1.54, 1.807) is 0 Å². The summed E-state index contributed by atoms with van der Waals surface area (Å²) in [5, 5.41) is 8.39. The normalized spacial score (nSPS) is 17.7. The Labute approximate surface area is 161 Å². The highest BCUT2D eigenvalue weighted by atomic mass is 32.1. The van der Waals surface area contributed by atoms with Crippen molar-refractivity contribution >= 4 is 21.4 Å². The molecule has 1 aromatic carbocycles. The molecule has 1 saturated heterocycles. The zero-order chi connectivity index (χ0) is 18.6. The van der Waals surface area contributed by atoms with Crippen LogP contribution in [0.25, 0.3) is 4.96 Å². The second kappa shape index (κ2) is 8.16. The van der Waals surface area contributed by atoms with Gasteiger partial charge in [-0.2, -0.15) is 4.52 Å². The van der Waals surface area contributed by atoms with E-state index in [0.29, 0.717) is 10.1 Å². The molecule has 0 spiro atoms. The Morgan fingerprint density at radius 3 is 2.78 bits per heavy atom. The Bertz CT molecular complexity index is 937. The number of nitrogens with one attached hydrogen (secondary N) is 1. The number of rotatable bonds is 6. The summed E-state index contributed by atoms with van der Waals surface area (Å²) in [6.07, 6.45) is 3.34. The third-order valence-electron chi connectivity index (χ3n) is 4.61. The molecule has 2 atom stereocenters. The molecule has 8 heteroatoms. The molecule has 142 valence electrons. The summed E-state index contributed by atoms with van der Waals surface area (Å²) in [4.78, 5) is 16.7. The van der Waals surface area contributed by atoms with E-state index in [1.165, 1.54) is 28.1 Å². The van der Waals surface area contributed by atoms with E-state index in [9.17, 15) is 4.79 Å². The van der Waals surface area contributed by atoms with E-state index in [4.69, 9.17) is 9.47 Å². The number of ether oxygens (including phenoxy) is 2.